The van der Waals surface area contributed by atoms with Crippen molar-refractivity contribution >= 4 is 23.2 Å². The van der Waals surface area contributed by atoms with E-state index in [9.17, 15) is 9.59 Å². The number of methoxy groups -OCH3 is 2. The molecule has 0 fully saturated rings. The van der Waals surface area contributed by atoms with Crippen molar-refractivity contribution in [3.63, 3.8) is 0 Å². The molecule has 0 aliphatic carbocycles. The lowest BCUT2D eigenvalue weighted by Gasteiger charge is -2.10. The van der Waals surface area contributed by atoms with Crippen LogP contribution in [0.2, 0.25) is 0 Å². The van der Waals surface area contributed by atoms with Crippen LogP contribution in [0.3, 0.4) is 0 Å². The Morgan fingerprint density at radius 3 is 2.33 bits per heavy atom. The summed E-state index contributed by atoms with van der Waals surface area (Å²) in [6, 6.07) is 11.9. The number of hydrazone groups is 1. The molecule has 0 bridgehead atoms. The zero-order chi connectivity index (χ0) is 19.8. The lowest BCUT2D eigenvalue weighted by molar-refractivity contribution is -0.115. The van der Waals surface area contributed by atoms with Gasteiger partial charge in [0.2, 0.25) is 5.91 Å². The highest BCUT2D eigenvalue weighted by Crippen LogP contribution is 2.25. The molecule has 142 valence electrons. The van der Waals surface area contributed by atoms with Gasteiger partial charge in [-0.1, -0.05) is 6.92 Å². The predicted octanol–water partition coefficient (Wildman–Crippen LogP) is 3.21. The average Bonchev–Trinajstić information content (AvgIpc) is 2.71. The topological polar surface area (TPSA) is 89.0 Å². The number of ether oxygens (including phenoxy) is 2. The van der Waals surface area contributed by atoms with Crippen molar-refractivity contribution in [3.8, 4) is 11.5 Å². The first-order chi connectivity index (χ1) is 13.0. The summed E-state index contributed by atoms with van der Waals surface area (Å²) in [6.07, 6.45) is 0.394. The number of anilines is 1. The summed E-state index contributed by atoms with van der Waals surface area (Å²) in [5, 5.41) is 6.87. The van der Waals surface area contributed by atoms with Gasteiger partial charge in [0.1, 0.15) is 11.5 Å². The van der Waals surface area contributed by atoms with Gasteiger partial charge < -0.3 is 14.8 Å². The normalized spacial score (nSPS) is 10.9. The second-order valence-corrected chi connectivity index (χ2v) is 5.68. The maximum Gasteiger partial charge on any atom is 0.271 e. The van der Waals surface area contributed by atoms with Crippen LogP contribution in [0.25, 0.3) is 0 Å². The first-order valence-electron chi connectivity index (χ1n) is 8.45. The summed E-state index contributed by atoms with van der Waals surface area (Å²) in [7, 11) is 3.14. The van der Waals surface area contributed by atoms with Crippen LogP contribution in [-0.2, 0) is 4.79 Å². The minimum absolute atomic E-state index is 0.0825. The smallest absolute Gasteiger partial charge is 0.271 e. The number of benzene rings is 2. The third-order valence-electron chi connectivity index (χ3n) is 3.88. The minimum Gasteiger partial charge on any atom is -0.497 e. The SMILES string of the molecule is CCC(=O)Nc1ccc(C(=O)N/N=C(/C)c2ccc(OC)cc2OC)cc1. The van der Waals surface area contributed by atoms with Crippen LogP contribution in [0.5, 0.6) is 11.5 Å². The number of hydrogen-bond acceptors (Lipinski definition) is 5. The maximum absolute atomic E-state index is 12.3. The van der Waals surface area contributed by atoms with Crippen LogP contribution in [0.4, 0.5) is 5.69 Å². The van der Waals surface area contributed by atoms with E-state index in [1.165, 1.54) is 0 Å². The van der Waals surface area contributed by atoms with E-state index in [2.05, 4.69) is 15.8 Å². The Labute approximate surface area is 158 Å². The number of rotatable bonds is 7. The fourth-order valence-electron chi connectivity index (χ4n) is 2.31. The predicted molar refractivity (Wildman–Crippen MR) is 105 cm³/mol. The first-order valence-corrected chi connectivity index (χ1v) is 8.45. The van der Waals surface area contributed by atoms with Gasteiger partial charge in [-0.15, -0.1) is 0 Å². The molecule has 7 nitrogen and oxygen atoms in total. The van der Waals surface area contributed by atoms with Gasteiger partial charge in [0.15, 0.2) is 0 Å². The van der Waals surface area contributed by atoms with Gasteiger partial charge in [0.25, 0.3) is 5.91 Å². The molecule has 2 aromatic rings. The lowest BCUT2D eigenvalue weighted by Crippen LogP contribution is -2.19. The van der Waals surface area contributed by atoms with Crippen molar-refractivity contribution < 1.29 is 19.1 Å². The first kappa shape index (κ1) is 20.0. The van der Waals surface area contributed by atoms with E-state index in [-0.39, 0.29) is 11.8 Å². The molecule has 7 heteroatoms. The Kier molecular flexibility index (Phi) is 6.93. The average molecular weight is 369 g/mol. The lowest BCUT2D eigenvalue weighted by atomic mass is 10.1. The van der Waals surface area contributed by atoms with Gasteiger partial charge in [-0.05, 0) is 43.3 Å². The summed E-state index contributed by atoms with van der Waals surface area (Å²) in [6.45, 7) is 3.54. The fourth-order valence-corrected chi connectivity index (χ4v) is 2.31. The number of carbonyl (C=O) groups excluding carboxylic acids is 2. The Morgan fingerprint density at radius 2 is 1.74 bits per heavy atom. The highest BCUT2D eigenvalue weighted by Gasteiger charge is 2.10. The number of nitrogens with one attached hydrogen (secondary N) is 2. The van der Waals surface area contributed by atoms with Crippen molar-refractivity contribution in [3.05, 3.63) is 53.6 Å². The second-order valence-electron chi connectivity index (χ2n) is 5.68. The molecule has 27 heavy (non-hydrogen) atoms. The molecule has 2 amide bonds. The molecule has 2 N–H and O–H groups in total. The standard InChI is InChI=1S/C20H23N3O4/c1-5-19(24)21-15-8-6-14(7-9-15)20(25)23-22-13(2)17-11-10-16(26-3)12-18(17)27-4/h6-12H,5H2,1-4H3,(H,21,24)(H,23,25)/b22-13-. The molecule has 0 aliphatic rings. The van der Waals surface area contributed by atoms with E-state index in [1.807, 2.05) is 6.07 Å². The molecule has 0 spiro atoms. The molecule has 0 aromatic heterocycles. The van der Waals surface area contributed by atoms with E-state index >= 15 is 0 Å². The molecule has 0 saturated carbocycles. The minimum atomic E-state index is -0.352. The highest BCUT2D eigenvalue weighted by atomic mass is 16.5. The molecule has 0 saturated heterocycles. The van der Waals surface area contributed by atoms with Crippen LogP contribution in [0, 0.1) is 0 Å². The number of carbonyl (C=O) groups is 2. The van der Waals surface area contributed by atoms with Gasteiger partial charge in [-0.25, -0.2) is 5.43 Å². The third kappa shape index (κ3) is 5.31. The van der Waals surface area contributed by atoms with Gasteiger partial charge in [-0.3, -0.25) is 9.59 Å². The molecule has 0 unspecified atom stereocenters. The van der Waals surface area contributed by atoms with Crippen LogP contribution >= 0.6 is 0 Å². The van der Waals surface area contributed by atoms with Crippen molar-refractivity contribution in [2.24, 2.45) is 5.10 Å². The number of nitrogens with zero attached hydrogens (tertiary/aromatic N) is 1. The molecule has 0 heterocycles. The Bertz CT molecular complexity index is 845. The Hall–Kier alpha value is -3.35. The summed E-state index contributed by atoms with van der Waals surface area (Å²) < 4.78 is 10.5. The summed E-state index contributed by atoms with van der Waals surface area (Å²) in [5.74, 6) is 0.833. The van der Waals surface area contributed by atoms with E-state index in [0.29, 0.717) is 34.9 Å². The number of amides is 2. The molecule has 0 radical (unpaired) electrons. The quantitative estimate of drug-likeness (QED) is 0.579. The molecule has 2 aromatic carbocycles. The Balaban J connectivity index is 2.08. The van der Waals surface area contributed by atoms with Crippen molar-refractivity contribution in [1.82, 2.24) is 5.43 Å². The van der Waals surface area contributed by atoms with Gasteiger partial charge in [-0.2, -0.15) is 5.10 Å². The highest BCUT2D eigenvalue weighted by molar-refractivity contribution is 6.03. The van der Waals surface area contributed by atoms with Crippen molar-refractivity contribution in [2.75, 3.05) is 19.5 Å². The van der Waals surface area contributed by atoms with Crippen molar-refractivity contribution in [1.29, 1.82) is 0 Å². The molecule has 0 atom stereocenters. The molecule has 2 rings (SSSR count). The molecule has 0 aliphatic heterocycles. The third-order valence-corrected chi connectivity index (χ3v) is 3.88. The second kappa shape index (κ2) is 9.38. The molecular weight excluding hydrogens is 346 g/mol. The summed E-state index contributed by atoms with van der Waals surface area (Å²) >= 11 is 0. The van der Waals surface area contributed by atoms with Gasteiger partial charge >= 0.3 is 0 Å². The monoisotopic (exact) mass is 369 g/mol. The van der Waals surface area contributed by atoms with E-state index in [0.717, 1.165) is 5.56 Å². The summed E-state index contributed by atoms with van der Waals surface area (Å²) in [4.78, 5) is 23.6. The van der Waals surface area contributed by atoms with Crippen LogP contribution < -0.4 is 20.2 Å². The van der Waals surface area contributed by atoms with Crippen LogP contribution in [0.1, 0.15) is 36.2 Å². The number of hydrogen-bond donors (Lipinski definition) is 2. The maximum atomic E-state index is 12.3. The van der Waals surface area contributed by atoms with Crippen LogP contribution in [-0.4, -0.2) is 31.7 Å². The summed E-state index contributed by atoms with van der Waals surface area (Å²) in [5.41, 5.74) is 4.94. The fraction of sp³-hybridized carbons (Fsp3) is 0.250. The molecular formula is C20H23N3O4. The Morgan fingerprint density at radius 1 is 1.04 bits per heavy atom. The zero-order valence-electron chi connectivity index (χ0n) is 15.8. The van der Waals surface area contributed by atoms with E-state index in [4.69, 9.17) is 9.47 Å². The van der Waals surface area contributed by atoms with Crippen LogP contribution in [0.15, 0.2) is 47.6 Å². The largest absolute Gasteiger partial charge is 0.497 e. The van der Waals surface area contributed by atoms with E-state index < -0.39 is 0 Å². The van der Waals surface area contributed by atoms with E-state index in [1.54, 1.807) is 64.5 Å². The van der Waals surface area contributed by atoms with Gasteiger partial charge in [0, 0.05) is 29.3 Å². The van der Waals surface area contributed by atoms with Gasteiger partial charge in [0.05, 0.1) is 19.9 Å². The zero-order valence-corrected chi connectivity index (χ0v) is 15.8. The van der Waals surface area contributed by atoms with Crippen molar-refractivity contribution in [2.45, 2.75) is 20.3 Å².